The van der Waals surface area contributed by atoms with Crippen molar-refractivity contribution in [2.45, 2.75) is 40.7 Å². The molecule has 0 spiro atoms. The number of hydrogen-bond donors (Lipinski definition) is 1. The van der Waals surface area contributed by atoms with Gasteiger partial charge in [0.25, 0.3) is 0 Å². The quantitative estimate of drug-likeness (QED) is 0.852. The van der Waals surface area contributed by atoms with Crippen LogP contribution in [0.25, 0.3) is 0 Å². The molecule has 0 aliphatic heterocycles. The molecule has 2 N–H and O–H groups in total. The fourth-order valence-corrected chi connectivity index (χ4v) is 1.36. The number of rotatable bonds is 4. The standard InChI is InChI=1S/C13H22N2O/c1-10-7-11(9-14)8-12(15-10)16-6-5-13(2,3)4/h7-8H,5-6,9,14H2,1-4H3. The van der Waals surface area contributed by atoms with Crippen molar-refractivity contribution in [1.29, 1.82) is 0 Å². The smallest absolute Gasteiger partial charge is 0.213 e. The average molecular weight is 222 g/mol. The van der Waals surface area contributed by atoms with Crippen LogP contribution in [0.3, 0.4) is 0 Å². The second-order valence-corrected chi connectivity index (χ2v) is 5.32. The SMILES string of the molecule is Cc1cc(CN)cc(OCCC(C)(C)C)n1. The lowest BCUT2D eigenvalue weighted by Gasteiger charge is -2.18. The van der Waals surface area contributed by atoms with Crippen molar-refractivity contribution in [2.75, 3.05) is 6.61 Å². The molecule has 0 radical (unpaired) electrons. The highest BCUT2D eigenvalue weighted by Gasteiger charge is 2.10. The predicted octanol–water partition coefficient (Wildman–Crippen LogP) is 2.66. The summed E-state index contributed by atoms with van der Waals surface area (Å²) in [5.74, 6) is 0.685. The van der Waals surface area contributed by atoms with E-state index in [9.17, 15) is 0 Å². The van der Waals surface area contributed by atoms with Gasteiger partial charge < -0.3 is 10.5 Å². The van der Waals surface area contributed by atoms with E-state index in [2.05, 4.69) is 25.8 Å². The molecule has 1 rings (SSSR count). The Morgan fingerprint density at radius 1 is 1.31 bits per heavy atom. The van der Waals surface area contributed by atoms with E-state index in [1.54, 1.807) is 0 Å². The van der Waals surface area contributed by atoms with E-state index < -0.39 is 0 Å². The van der Waals surface area contributed by atoms with Crippen LogP contribution in [-0.2, 0) is 6.54 Å². The lowest BCUT2D eigenvalue weighted by molar-refractivity contribution is 0.236. The van der Waals surface area contributed by atoms with Gasteiger partial charge in [0.1, 0.15) is 0 Å². The molecule has 1 aromatic heterocycles. The monoisotopic (exact) mass is 222 g/mol. The van der Waals surface area contributed by atoms with Crippen molar-refractivity contribution in [1.82, 2.24) is 4.98 Å². The van der Waals surface area contributed by atoms with Gasteiger partial charge in [0.2, 0.25) is 5.88 Å². The van der Waals surface area contributed by atoms with Gasteiger partial charge in [-0.15, -0.1) is 0 Å². The van der Waals surface area contributed by atoms with Crippen LogP contribution in [0.2, 0.25) is 0 Å². The normalized spacial score (nSPS) is 11.6. The fraction of sp³-hybridized carbons (Fsp3) is 0.615. The summed E-state index contributed by atoms with van der Waals surface area (Å²) in [6, 6.07) is 3.90. The third kappa shape index (κ3) is 4.62. The topological polar surface area (TPSA) is 48.1 Å². The molecule has 0 saturated heterocycles. The van der Waals surface area contributed by atoms with Crippen LogP contribution < -0.4 is 10.5 Å². The molecule has 0 saturated carbocycles. The third-order valence-corrected chi connectivity index (χ3v) is 2.33. The van der Waals surface area contributed by atoms with Gasteiger partial charge >= 0.3 is 0 Å². The van der Waals surface area contributed by atoms with E-state index in [0.29, 0.717) is 24.4 Å². The van der Waals surface area contributed by atoms with Crippen molar-refractivity contribution in [3.8, 4) is 5.88 Å². The van der Waals surface area contributed by atoms with E-state index >= 15 is 0 Å². The fourth-order valence-electron chi connectivity index (χ4n) is 1.36. The van der Waals surface area contributed by atoms with E-state index in [-0.39, 0.29) is 0 Å². The molecule has 0 aliphatic rings. The maximum atomic E-state index is 5.64. The molecule has 0 atom stereocenters. The van der Waals surface area contributed by atoms with Crippen LogP contribution in [0, 0.1) is 12.3 Å². The first-order valence-corrected chi connectivity index (χ1v) is 5.71. The molecule has 0 fully saturated rings. The Kier molecular flexibility index (Phi) is 4.30. The zero-order valence-electron chi connectivity index (χ0n) is 10.7. The van der Waals surface area contributed by atoms with Crippen molar-refractivity contribution < 1.29 is 4.74 Å². The van der Waals surface area contributed by atoms with Gasteiger partial charge in [0.15, 0.2) is 0 Å². The molecule has 0 amide bonds. The maximum absolute atomic E-state index is 5.64. The Hall–Kier alpha value is -1.09. The molecule has 0 aromatic carbocycles. The summed E-state index contributed by atoms with van der Waals surface area (Å²) in [6.07, 6.45) is 1.01. The van der Waals surface area contributed by atoms with Crippen molar-refractivity contribution in [3.05, 3.63) is 23.4 Å². The van der Waals surface area contributed by atoms with Crippen LogP contribution in [-0.4, -0.2) is 11.6 Å². The summed E-state index contributed by atoms with van der Waals surface area (Å²) in [5.41, 5.74) is 7.91. The van der Waals surface area contributed by atoms with Crippen LogP contribution in [0.5, 0.6) is 5.88 Å². The first-order chi connectivity index (χ1) is 7.40. The number of aryl methyl sites for hydroxylation is 1. The van der Waals surface area contributed by atoms with Crippen LogP contribution >= 0.6 is 0 Å². The van der Waals surface area contributed by atoms with E-state index in [0.717, 1.165) is 17.7 Å². The Balaban J connectivity index is 2.57. The summed E-state index contributed by atoms with van der Waals surface area (Å²) in [6.45, 7) is 9.78. The summed E-state index contributed by atoms with van der Waals surface area (Å²) in [5, 5.41) is 0. The van der Waals surface area contributed by atoms with Gasteiger partial charge in [-0.25, -0.2) is 4.98 Å². The molecule has 16 heavy (non-hydrogen) atoms. The minimum Gasteiger partial charge on any atom is -0.478 e. The number of ether oxygens (including phenoxy) is 1. The number of pyridine rings is 1. The Morgan fingerprint density at radius 3 is 2.56 bits per heavy atom. The van der Waals surface area contributed by atoms with Crippen LogP contribution in [0.4, 0.5) is 0 Å². The molecule has 0 aliphatic carbocycles. The highest BCUT2D eigenvalue weighted by molar-refractivity contribution is 5.24. The van der Waals surface area contributed by atoms with Gasteiger partial charge in [-0.1, -0.05) is 20.8 Å². The first-order valence-electron chi connectivity index (χ1n) is 5.71. The summed E-state index contributed by atoms with van der Waals surface area (Å²) in [4.78, 5) is 4.32. The second-order valence-electron chi connectivity index (χ2n) is 5.32. The maximum Gasteiger partial charge on any atom is 0.213 e. The molecular weight excluding hydrogens is 200 g/mol. The highest BCUT2D eigenvalue weighted by atomic mass is 16.5. The van der Waals surface area contributed by atoms with Gasteiger partial charge in [0, 0.05) is 18.3 Å². The lowest BCUT2D eigenvalue weighted by Crippen LogP contribution is -2.12. The molecule has 3 nitrogen and oxygen atoms in total. The van der Waals surface area contributed by atoms with Gasteiger partial charge in [0.05, 0.1) is 6.61 Å². The van der Waals surface area contributed by atoms with Crippen molar-refractivity contribution in [2.24, 2.45) is 11.1 Å². The Morgan fingerprint density at radius 2 is 2.00 bits per heavy atom. The number of nitrogens with zero attached hydrogens (tertiary/aromatic N) is 1. The van der Waals surface area contributed by atoms with Gasteiger partial charge in [-0.2, -0.15) is 0 Å². The molecule has 0 unspecified atom stereocenters. The number of nitrogens with two attached hydrogens (primary N) is 1. The van der Waals surface area contributed by atoms with Gasteiger partial charge in [-0.05, 0) is 30.4 Å². The summed E-state index contributed by atoms with van der Waals surface area (Å²) < 4.78 is 5.64. The third-order valence-electron chi connectivity index (χ3n) is 2.33. The number of hydrogen-bond acceptors (Lipinski definition) is 3. The molecule has 3 heteroatoms. The summed E-state index contributed by atoms with van der Waals surface area (Å²) in [7, 11) is 0. The molecule has 1 heterocycles. The lowest BCUT2D eigenvalue weighted by atomic mass is 9.93. The van der Waals surface area contributed by atoms with Crippen LogP contribution in [0.1, 0.15) is 38.4 Å². The van der Waals surface area contributed by atoms with Crippen molar-refractivity contribution >= 4 is 0 Å². The molecule has 0 bridgehead atoms. The largest absolute Gasteiger partial charge is 0.478 e. The Bertz CT molecular complexity index is 342. The van der Waals surface area contributed by atoms with E-state index in [1.807, 2.05) is 19.1 Å². The zero-order chi connectivity index (χ0) is 12.2. The van der Waals surface area contributed by atoms with Crippen molar-refractivity contribution in [3.63, 3.8) is 0 Å². The highest BCUT2D eigenvalue weighted by Crippen LogP contribution is 2.19. The summed E-state index contributed by atoms with van der Waals surface area (Å²) >= 11 is 0. The van der Waals surface area contributed by atoms with Gasteiger partial charge in [-0.3, -0.25) is 0 Å². The molecule has 1 aromatic rings. The Labute approximate surface area is 98.0 Å². The molecule has 90 valence electrons. The molecular formula is C13H22N2O. The minimum absolute atomic E-state index is 0.292. The van der Waals surface area contributed by atoms with Crippen LogP contribution in [0.15, 0.2) is 12.1 Å². The average Bonchev–Trinajstić information content (AvgIpc) is 2.14. The zero-order valence-corrected chi connectivity index (χ0v) is 10.7. The second kappa shape index (κ2) is 5.30. The van der Waals surface area contributed by atoms with E-state index in [4.69, 9.17) is 10.5 Å². The minimum atomic E-state index is 0.292. The van der Waals surface area contributed by atoms with E-state index in [1.165, 1.54) is 0 Å². The predicted molar refractivity (Wildman–Crippen MR) is 66.4 cm³/mol. The number of aromatic nitrogens is 1. The first kappa shape index (κ1) is 13.0.